The summed E-state index contributed by atoms with van der Waals surface area (Å²) in [5, 5.41) is 10.9. The first-order valence-corrected chi connectivity index (χ1v) is 38.0. The fourth-order valence-electron chi connectivity index (χ4n) is 13.3. The molecule has 6 aliphatic heterocycles. The maximum Gasteiger partial charge on any atom is 0.450 e. The van der Waals surface area contributed by atoms with E-state index in [1.165, 1.54) is 74.6 Å². The molecule has 5 aromatic rings. The van der Waals surface area contributed by atoms with Gasteiger partial charge in [0.2, 0.25) is 5.78 Å². The summed E-state index contributed by atoms with van der Waals surface area (Å²) in [5.41, 5.74) is -5.14. The van der Waals surface area contributed by atoms with Crippen LogP contribution in [0.2, 0.25) is 0 Å². The van der Waals surface area contributed by atoms with Gasteiger partial charge in [-0.05, 0) is 133 Å². The van der Waals surface area contributed by atoms with Crippen LogP contribution in [0.15, 0.2) is 85.3 Å². The molecule has 3 atom stereocenters. The summed E-state index contributed by atoms with van der Waals surface area (Å²) in [6.07, 6.45) is -9.15. The van der Waals surface area contributed by atoms with Gasteiger partial charge >= 0.3 is 24.7 Å². The van der Waals surface area contributed by atoms with Crippen LogP contribution < -0.4 is 24.4 Å². The number of aromatic nitrogens is 1. The van der Waals surface area contributed by atoms with Gasteiger partial charge in [0.25, 0.3) is 0 Å². The number of halogens is 12. The summed E-state index contributed by atoms with van der Waals surface area (Å²) in [5.74, 6) is 0.583. The standard InChI is InChI=1S/C23H28F3NO5S.C16H19F3O4S.C16H19F3O2S.C15H17F3O2S/c1-14-10-27(11-15(2)19(14)28)13-22(29,23(24,25)26)12-21(3,4)18-9-17(33(5,30)31)8-16-6-7-32-20(16)18;1-14(2,8-15(9-23-15)16(17,18)19)12-7-11(24(3,20)21)6-10-4-5-22-13(10)12;1-14(2,8-15(9-21-15)16(17,18)19)12-7-11(22-3)6-10-4-5-20-13(10)12;1-14(2,8-12(19)15(16,17)18)11-7-10(21-3)6-9-4-5-20-13(9)11/h8-11,29H,6-7,12-13H2,1-5H3;6-7H,4-5,8-9H2,1-3H3;6-7H,4-5,8-9H2,1-3H3;6-7H,4-5,8H2,1-3H3. The van der Waals surface area contributed by atoms with Crippen LogP contribution in [0.5, 0.6) is 23.0 Å². The van der Waals surface area contributed by atoms with E-state index in [0.29, 0.717) is 78.8 Å². The van der Waals surface area contributed by atoms with Crippen LogP contribution in [0.3, 0.4) is 0 Å². The van der Waals surface area contributed by atoms with E-state index in [-0.39, 0.29) is 52.4 Å². The van der Waals surface area contributed by atoms with E-state index in [9.17, 15) is 84.2 Å². The molecule has 2 saturated heterocycles. The Kier molecular flexibility index (Phi) is 22.5. The number of epoxide rings is 2. The van der Waals surface area contributed by atoms with E-state index < -0.39 is 108 Å². The Balaban J connectivity index is 0.000000172. The summed E-state index contributed by atoms with van der Waals surface area (Å²) >= 11 is 3.12. The number of ketones is 1. The van der Waals surface area contributed by atoms with Gasteiger partial charge in [-0.15, -0.1) is 23.5 Å². The number of hydrogen-bond acceptors (Lipinski definition) is 15. The van der Waals surface area contributed by atoms with Crippen molar-refractivity contribution < 1.29 is 108 Å². The average molecular weight is 1500 g/mol. The molecule has 554 valence electrons. The number of hydrogen-bond donors (Lipinski definition) is 1. The second-order valence-corrected chi connectivity index (χ2v) is 34.9. The van der Waals surface area contributed by atoms with Crippen molar-refractivity contribution in [3.8, 4) is 23.0 Å². The molecule has 1 aromatic heterocycles. The molecule has 6 aliphatic rings. The first-order valence-electron chi connectivity index (χ1n) is 31.8. The number of ether oxygens (including phenoxy) is 6. The average Bonchev–Trinajstić information content (AvgIpc) is 1.55. The molecule has 3 unspecified atom stereocenters. The van der Waals surface area contributed by atoms with E-state index in [4.69, 9.17) is 28.4 Å². The third-order valence-electron chi connectivity index (χ3n) is 18.8. The van der Waals surface area contributed by atoms with E-state index >= 15 is 0 Å². The minimum absolute atomic E-state index is 0.00275. The lowest BCUT2D eigenvalue weighted by molar-refractivity contribution is -0.271. The van der Waals surface area contributed by atoms with Gasteiger partial charge in [-0.1, -0.05) is 55.4 Å². The summed E-state index contributed by atoms with van der Waals surface area (Å²) in [6, 6.07) is 13.7. The summed E-state index contributed by atoms with van der Waals surface area (Å²) in [4.78, 5) is 25.4. The van der Waals surface area contributed by atoms with E-state index in [2.05, 4.69) is 6.07 Å². The molecule has 0 bridgehead atoms. The number of carbonyl (C=O) groups is 1. The zero-order valence-electron chi connectivity index (χ0n) is 57.8. The van der Waals surface area contributed by atoms with Gasteiger partial charge in [-0.25, -0.2) is 16.8 Å². The fraction of sp³-hybridized carbons (Fsp3) is 0.571. The monoisotopic (exact) mass is 1500 g/mol. The Hall–Kier alpha value is -5.66. The highest BCUT2D eigenvalue weighted by atomic mass is 32.2. The van der Waals surface area contributed by atoms with Crippen molar-refractivity contribution in [3.63, 3.8) is 0 Å². The number of alkyl halides is 12. The minimum Gasteiger partial charge on any atom is -0.493 e. The third kappa shape index (κ3) is 17.6. The Morgan fingerprint density at radius 2 is 0.840 bits per heavy atom. The molecule has 7 heterocycles. The normalized spacial score (nSPS) is 19.5. The lowest BCUT2D eigenvalue weighted by atomic mass is 9.74. The maximum absolute atomic E-state index is 14.2. The van der Waals surface area contributed by atoms with Crippen molar-refractivity contribution >= 4 is 49.0 Å². The molecule has 30 heteroatoms. The Bertz CT molecular complexity index is 4200. The molecule has 11 rings (SSSR count). The lowest BCUT2D eigenvalue weighted by Crippen LogP contribution is -2.52. The number of pyridine rings is 1. The van der Waals surface area contributed by atoms with Gasteiger partial charge in [0.15, 0.2) is 41.9 Å². The summed E-state index contributed by atoms with van der Waals surface area (Å²) < 4.78 is 241. The number of rotatable bonds is 18. The number of carbonyl (C=O) groups excluding carboxylic acids is 1. The van der Waals surface area contributed by atoms with Gasteiger partial charge in [-0.3, -0.25) is 9.59 Å². The van der Waals surface area contributed by atoms with Gasteiger partial charge in [0, 0.05) is 106 Å². The van der Waals surface area contributed by atoms with Crippen LogP contribution in [-0.4, -0.2) is 138 Å². The Morgan fingerprint density at radius 1 is 0.520 bits per heavy atom. The second kappa shape index (κ2) is 28.1. The molecule has 1 N–H and O–H groups in total. The number of fused-ring (bicyclic) bond motifs is 4. The Labute approximate surface area is 582 Å². The minimum atomic E-state index is -4.99. The molecule has 0 amide bonds. The number of Topliss-reactive ketones (excluding diaryl/α,β-unsaturated/α-hetero) is 1. The van der Waals surface area contributed by atoms with E-state index in [1.54, 1.807) is 45.5 Å². The molecule has 0 aliphatic carbocycles. The highest BCUT2D eigenvalue weighted by Gasteiger charge is 2.68. The quantitative estimate of drug-likeness (QED) is 0.0495. The van der Waals surface area contributed by atoms with Crippen LogP contribution in [0.25, 0.3) is 0 Å². The van der Waals surface area contributed by atoms with E-state index in [1.807, 2.05) is 44.6 Å². The molecule has 4 aromatic carbocycles. The summed E-state index contributed by atoms with van der Waals surface area (Å²) in [7, 11) is -7.09. The largest absolute Gasteiger partial charge is 0.493 e. The van der Waals surface area contributed by atoms with Crippen molar-refractivity contribution in [2.75, 3.05) is 64.7 Å². The zero-order valence-corrected chi connectivity index (χ0v) is 61.1. The predicted molar refractivity (Wildman–Crippen MR) is 355 cm³/mol. The molecular weight excluding hydrogens is 1420 g/mol. The van der Waals surface area contributed by atoms with Crippen molar-refractivity contribution in [1.82, 2.24) is 4.57 Å². The van der Waals surface area contributed by atoms with Gasteiger partial charge in [0.05, 0.1) is 56.0 Å². The molecule has 100 heavy (non-hydrogen) atoms. The SMILES string of the molecule is CC(C)(CC1(C(F)(F)F)CO1)c1cc(S(C)(=O)=O)cc2c1OCC2.CSc1cc2c(c(C(C)(C)CC(=O)C(F)(F)F)c1)OCC2.CSc1cc2c(c(C(C)(C)CC3(C(F)(F)F)CO3)c1)OCC2.Cc1cn(CC(O)(CC(C)(C)c2cc(S(C)(=O)=O)cc3c2OCC3)C(F)(F)F)cc(C)c1=O. The van der Waals surface area contributed by atoms with Gasteiger partial charge < -0.3 is 38.1 Å². The van der Waals surface area contributed by atoms with Gasteiger partial charge in [-0.2, -0.15) is 52.7 Å². The first-order chi connectivity index (χ1) is 45.6. The zero-order chi connectivity index (χ0) is 75.0. The van der Waals surface area contributed by atoms with Crippen LogP contribution in [0.1, 0.15) is 137 Å². The third-order valence-corrected chi connectivity index (χ3v) is 22.4. The molecule has 0 radical (unpaired) electrons. The topological polar surface area (TPSA) is 190 Å². The van der Waals surface area contributed by atoms with Crippen molar-refractivity contribution in [2.45, 2.75) is 210 Å². The summed E-state index contributed by atoms with van der Waals surface area (Å²) in [6.45, 7) is 16.7. The van der Waals surface area contributed by atoms with Crippen LogP contribution in [0, 0.1) is 13.8 Å². The molecule has 2 fully saturated rings. The van der Waals surface area contributed by atoms with E-state index in [0.717, 1.165) is 63.1 Å². The number of sulfone groups is 2. The second-order valence-electron chi connectivity index (χ2n) is 29.1. The van der Waals surface area contributed by atoms with Crippen molar-refractivity contribution in [2.24, 2.45) is 0 Å². The van der Waals surface area contributed by atoms with Crippen molar-refractivity contribution in [1.29, 1.82) is 0 Å². The number of nitrogens with zero attached hydrogens (tertiary/aromatic N) is 1. The fourth-order valence-corrected chi connectivity index (χ4v) is 15.7. The highest BCUT2D eigenvalue weighted by Crippen LogP contribution is 2.56. The molecule has 14 nitrogen and oxygen atoms in total. The smallest absolute Gasteiger partial charge is 0.450 e. The van der Waals surface area contributed by atoms with Crippen molar-refractivity contribution in [3.05, 3.63) is 127 Å². The molecule has 0 spiro atoms. The highest BCUT2D eigenvalue weighted by molar-refractivity contribution is 7.98. The number of aryl methyl sites for hydroxylation is 2. The molecular formula is C70H83F12NO13S4. The Morgan fingerprint density at radius 3 is 1.14 bits per heavy atom. The molecule has 0 saturated carbocycles. The maximum atomic E-state index is 14.2. The van der Waals surface area contributed by atoms with Crippen LogP contribution in [-0.2, 0) is 87.8 Å². The first kappa shape index (κ1) is 80.0. The lowest BCUT2D eigenvalue weighted by Gasteiger charge is -2.39. The van der Waals surface area contributed by atoms with Gasteiger partial charge in [0.1, 0.15) is 23.0 Å². The van der Waals surface area contributed by atoms with Crippen LogP contribution in [0.4, 0.5) is 52.7 Å². The number of aliphatic hydroxyl groups is 1. The predicted octanol–water partition coefficient (Wildman–Crippen LogP) is 15.0. The van der Waals surface area contributed by atoms with Crippen LogP contribution >= 0.6 is 23.5 Å². The number of thioether (sulfide) groups is 2. The number of benzene rings is 4.